The Hall–Kier alpha value is -2.63. The lowest BCUT2D eigenvalue weighted by molar-refractivity contribution is 0.628. The van der Waals surface area contributed by atoms with E-state index >= 15 is 0 Å². The molecule has 3 nitrogen and oxygen atoms in total. The van der Waals surface area contributed by atoms with Crippen LogP contribution in [-0.2, 0) is 0 Å². The first-order valence-corrected chi connectivity index (χ1v) is 8.40. The van der Waals surface area contributed by atoms with Gasteiger partial charge in [-0.05, 0) is 41.5 Å². The molecular weight excluding hydrogens is 321 g/mol. The van der Waals surface area contributed by atoms with Crippen molar-refractivity contribution in [3.63, 3.8) is 0 Å². The molecule has 1 atom stereocenters. The second-order valence-electron chi connectivity index (χ2n) is 5.47. The van der Waals surface area contributed by atoms with Crippen LogP contribution in [0.15, 0.2) is 66.3 Å². The summed E-state index contributed by atoms with van der Waals surface area (Å²) in [6, 6.07) is 13.8. The number of aromatic nitrogens is 2. The molecule has 5 heteroatoms. The molecule has 118 valence electrons. The quantitative estimate of drug-likeness (QED) is 0.598. The zero-order valence-electron chi connectivity index (χ0n) is 12.7. The highest BCUT2D eigenvalue weighted by Crippen LogP contribution is 2.37. The largest absolute Gasteiger partial charge is 0.319 e. The Labute approximate surface area is 142 Å². The third kappa shape index (κ3) is 2.58. The predicted molar refractivity (Wildman–Crippen MR) is 95.3 cm³/mol. The third-order valence-electron chi connectivity index (χ3n) is 4.00. The van der Waals surface area contributed by atoms with E-state index in [9.17, 15) is 4.39 Å². The van der Waals surface area contributed by atoms with Gasteiger partial charge in [-0.1, -0.05) is 18.2 Å². The van der Waals surface area contributed by atoms with Crippen molar-refractivity contribution in [2.75, 3.05) is 0 Å². The molecule has 3 heterocycles. The number of pyridine rings is 2. The van der Waals surface area contributed by atoms with E-state index in [2.05, 4.69) is 9.97 Å². The van der Waals surface area contributed by atoms with E-state index in [-0.39, 0.29) is 11.9 Å². The summed E-state index contributed by atoms with van der Waals surface area (Å²) < 4.78 is 13.2. The SMILES string of the molecule is NC(c1ccccn1)c1ccnc2scc(-c3ccc(F)cc3)c12. The predicted octanol–water partition coefficient (Wildman–Crippen LogP) is 4.55. The lowest BCUT2D eigenvalue weighted by atomic mass is 9.97. The second-order valence-corrected chi connectivity index (χ2v) is 6.33. The highest BCUT2D eigenvalue weighted by molar-refractivity contribution is 7.17. The standard InChI is InChI=1S/C19H14FN3S/c20-13-6-4-12(5-7-13)15-11-24-19-17(15)14(8-10-23-19)18(21)16-3-1-2-9-22-16/h1-11,18H,21H2. The number of nitrogens with two attached hydrogens (primary N) is 1. The van der Waals surface area contributed by atoms with Gasteiger partial charge in [-0.2, -0.15) is 0 Å². The number of halogens is 1. The van der Waals surface area contributed by atoms with Gasteiger partial charge in [0, 0.05) is 28.7 Å². The molecule has 4 aromatic rings. The van der Waals surface area contributed by atoms with E-state index in [4.69, 9.17) is 5.73 Å². The zero-order valence-corrected chi connectivity index (χ0v) is 13.5. The molecule has 0 spiro atoms. The van der Waals surface area contributed by atoms with Crippen LogP contribution in [0.4, 0.5) is 4.39 Å². The van der Waals surface area contributed by atoms with Gasteiger partial charge >= 0.3 is 0 Å². The fourth-order valence-corrected chi connectivity index (χ4v) is 3.76. The van der Waals surface area contributed by atoms with Crippen LogP contribution in [-0.4, -0.2) is 9.97 Å². The van der Waals surface area contributed by atoms with Crippen LogP contribution < -0.4 is 5.73 Å². The van der Waals surface area contributed by atoms with Crippen LogP contribution in [0, 0.1) is 5.82 Å². The monoisotopic (exact) mass is 335 g/mol. The van der Waals surface area contributed by atoms with Gasteiger partial charge in [-0.25, -0.2) is 9.37 Å². The minimum absolute atomic E-state index is 0.248. The van der Waals surface area contributed by atoms with Crippen molar-refractivity contribution in [2.45, 2.75) is 6.04 Å². The average molecular weight is 335 g/mol. The number of benzene rings is 1. The topological polar surface area (TPSA) is 51.8 Å². The summed E-state index contributed by atoms with van der Waals surface area (Å²) in [5.41, 5.74) is 10.2. The van der Waals surface area contributed by atoms with Crippen molar-refractivity contribution < 1.29 is 4.39 Å². The molecule has 2 N–H and O–H groups in total. The summed E-state index contributed by atoms with van der Waals surface area (Å²) in [5.74, 6) is -0.248. The van der Waals surface area contributed by atoms with E-state index in [1.54, 1.807) is 35.9 Å². The highest BCUT2D eigenvalue weighted by Gasteiger charge is 2.18. The number of nitrogens with zero attached hydrogens (tertiary/aromatic N) is 2. The number of hydrogen-bond acceptors (Lipinski definition) is 4. The first-order chi connectivity index (χ1) is 11.7. The number of fused-ring (bicyclic) bond motifs is 1. The fourth-order valence-electron chi connectivity index (χ4n) is 2.81. The van der Waals surface area contributed by atoms with Crippen LogP contribution >= 0.6 is 11.3 Å². The smallest absolute Gasteiger partial charge is 0.124 e. The Morgan fingerprint density at radius 2 is 1.79 bits per heavy atom. The normalized spacial score (nSPS) is 12.4. The number of thiophene rings is 1. The van der Waals surface area contributed by atoms with Crippen molar-refractivity contribution in [1.29, 1.82) is 0 Å². The maximum absolute atomic E-state index is 13.2. The molecule has 0 amide bonds. The minimum Gasteiger partial charge on any atom is -0.319 e. The van der Waals surface area contributed by atoms with Gasteiger partial charge in [0.15, 0.2) is 0 Å². The van der Waals surface area contributed by atoms with Crippen LogP contribution in [0.1, 0.15) is 17.3 Å². The van der Waals surface area contributed by atoms with Crippen molar-refractivity contribution >= 4 is 21.6 Å². The van der Waals surface area contributed by atoms with Crippen LogP contribution in [0.25, 0.3) is 21.3 Å². The lowest BCUT2D eigenvalue weighted by Gasteiger charge is -2.14. The van der Waals surface area contributed by atoms with Crippen molar-refractivity contribution in [2.24, 2.45) is 5.73 Å². The minimum atomic E-state index is -0.342. The Balaban J connectivity index is 1.90. The highest BCUT2D eigenvalue weighted by atomic mass is 32.1. The van der Waals surface area contributed by atoms with Gasteiger partial charge in [0.05, 0.1) is 11.7 Å². The maximum Gasteiger partial charge on any atom is 0.124 e. The zero-order chi connectivity index (χ0) is 16.5. The van der Waals surface area contributed by atoms with E-state index in [0.29, 0.717) is 0 Å². The summed E-state index contributed by atoms with van der Waals surface area (Å²) in [6.45, 7) is 0. The molecule has 1 unspecified atom stereocenters. The van der Waals surface area contributed by atoms with Gasteiger partial charge < -0.3 is 5.73 Å². The molecule has 0 saturated heterocycles. The van der Waals surface area contributed by atoms with Crippen molar-refractivity contribution in [3.05, 3.63) is 83.4 Å². The first-order valence-electron chi connectivity index (χ1n) is 7.52. The number of rotatable bonds is 3. The molecule has 0 fully saturated rings. The summed E-state index contributed by atoms with van der Waals surface area (Å²) in [6.07, 6.45) is 3.51. The summed E-state index contributed by atoms with van der Waals surface area (Å²) in [5, 5.41) is 3.05. The molecule has 1 aromatic carbocycles. The van der Waals surface area contributed by atoms with Gasteiger partial charge in [-0.3, -0.25) is 4.98 Å². The Bertz CT molecular complexity index is 981. The summed E-state index contributed by atoms with van der Waals surface area (Å²) >= 11 is 1.56. The average Bonchev–Trinajstić information content (AvgIpc) is 3.07. The molecule has 0 radical (unpaired) electrons. The molecule has 0 aliphatic rings. The Morgan fingerprint density at radius 3 is 2.54 bits per heavy atom. The number of hydrogen-bond donors (Lipinski definition) is 1. The maximum atomic E-state index is 13.2. The lowest BCUT2D eigenvalue weighted by Crippen LogP contribution is -2.13. The molecule has 3 aromatic heterocycles. The van der Waals surface area contributed by atoms with Crippen molar-refractivity contribution in [3.8, 4) is 11.1 Å². The molecule has 4 rings (SSSR count). The van der Waals surface area contributed by atoms with Crippen LogP contribution in [0.5, 0.6) is 0 Å². The second kappa shape index (κ2) is 6.11. The van der Waals surface area contributed by atoms with Crippen LogP contribution in [0.2, 0.25) is 0 Å². The van der Waals surface area contributed by atoms with Gasteiger partial charge in [0.25, 0.3) is 0 Å². The molecule has 0 saturated carbocycles. The first kappa shape index (κ1) is 14.9. The third-order valence-corrected chi connectivity index (χ3v) is 4.89. The van der Waals surface area contributed by atoms with Crippen molar-refractivity contribution in [1.82, 2.24) is 9.97 Å². The molecule has 0 aliphatic carbocycles. The van der Waals surface area contributed by atoms with E-state index in [0.717, 1.165) is 32.6 Å². The Morgan fingerprint density at radius 1 is 0.958 bits per heavy atom. The molecular formula is C19H14FN3S. The molecule has 0 bridgehead atoms. The molecule has 24 heavy (non-hydrogen) atoms. The van der Waals surface area contributed by atoms with E-state index < -0.39 is 0 Å². The van der Waals surface area contributed by atoms with Gasteiger partial charge in [-0.15, -0.1) is 11.3 Å². The summed E-state index contributed by atoms with van der Waals surface area (Å²) in [7, 11) is 0. The Kier molecular flexibility index (Phi) is 3.80. The van der Waals surface area contributed by atoms with Gasteiger partial charge in [0.2, 0.25) is 0 Å². The fraction of sp³-hybridized carbons (Fsp3) is 0.0526. The van der Waals surface area contributed by atoms with Crippen LogP contribution in [0.3, 0.4) is 0 Å². The van der Waals surface area contributed by atoms with Gasteiger partial charge in [0.1, 0.15) is 10.6 Å². The van der Waals surface area contributed by atoms with E-state index in [1.165, 1.54) is 12.1 Å². The summed E-state index contributed by atoms with van der Waals surface area (Å²) in [4.78, 5) is 9.73. The molecule has 0 aliphatic heterocycles. The van der Waals surface area contributed by atoms with E-state index in [1.807, 2.05) is 29.6 Å².